The largest absolute Gasteiger partial charge is 0.748 e. The van der Waals surface area contributed by atoms with Crippen LogP contribution in [0.1, 0.15) is 44.0 Å². The highest BCUT2D eigenvalue weighted by Gasteiger charge is 2.70. The number of alkyl halides is 3. The quantitative estimate of drug-likeness (QED) is 0.228. The van der Waals surface area contributed by atoms with Gasteiger partial charge in [-0.2, -0.15) is 0 Å². The summed E-state index contributed by atoms with van der Waals surface area (Å²) in [5.74, 6) is -7.60. The Bertz CT molecular complexity index is 1260. The lowest BCUT2D eigenvalue weighted by Crippen LogP contribution is -2.44. The van der Waals surface area contributed by atoms with E-state index >= 15 is 0 Å². The normalized spacial score (nSPS) is 27.7. The van der Waals surface area contributed by atoms with Crippen molar-refractivity contribution in [1.29, 1.82) is 0 Å². The average Bonchev–Trinajstić information content (AvgIpc) is 3.42. The highest BCUT2D eigenvalue weighted by molar-refractivity contribution is 7.85. The number of hydrogen-bond donors (Lipinski definition) is 0. The first-order valence-electron chi connectivity index (χ1n) is 12.1. The molecular formula is C24H26F3O11S-. The van der Waals surface area contributed by atoms with Gasteiger partial charge in [-0.3, -0.25) is 9.59 Å². The van der Waals surface area contributed by atoms with Crippen LogP contribution in [-0.2, 0) is 33.9 Å². The van der Waals surface area contributed by atoms with Crippen LogP contribution < -0.4 is 9.47 Å². The van der Waals surface area contributed by atoms with Gasteiger partial charge in [-0.15, -0.1) is 13.2 Å². The van der Waals surface area contributed by atoms with Gasteiger partial charge in [0.1, 0.15) is 24.4 Å². The number of benzene rings is 1. The van der Waals surface area contributed by atoms with Crippen molar-refractivity contribution in [3.8, 4) is 11.5 Å². The summed E-state index contributed by atoms with van der Waals surface area (Å²) < 4.78 is 96.8. The van der Waals surface area contributed by atoms with Crippen molar-refractivity contribution in [1.82, 2.24) is 0 Å². The predicted octanol–water partition coefficient (Wildman–Crippen LogP) is 2.57. The molecule has 0 radical (unpaired) electrons. The van der Waals surface area contributed by atoms with Crippen molar-refractivity contribution in [3.05, 3.63) is 23.8 Å². The van der Waals surface area contributed by atoms with Gasteiger partial charge in [-0.05, 0) is 44.9 Å². The molecular weight excluding hydrogens is 553 g/mol. The second-order valence-corrected chi connectivity index (χ2v) is 11.8. The molecule has 1 aromatic rings. The van der Waals surface area contributed by atoms with Crippen molar-refractivity contribution in [2.75, 3.05) is 12.4 Å². The van der Waals surface area contributed by atoms with Gasteiger partial charge in [-0.25, -0.2) is 13.2 Å². The topological polar surface area (TPSA) is 155 Å². The van der Waals surface area contributed by atoms with Gasteiger partial charge in [0, 0.05) is 11.8 Å². The Kier molecular flexibility index (Phi) is 7.53. The number of fused-ring (bicyclic) bond motifs is 1. The molecule has 4 rings (SSSR count). The molecule has 39 heavy (non-hydrogen) atoms. The van der Waals surface area contributed by atoms with E-state index in [4.69, 9.17) is 18.9 Å². The number of carbonyl (C=O) groups excluding carboxylic acids is 3. The van der Waals surface area contributed by atoms with Crippen molar-refractivity contribution in [2.24, 2.45) is 23.7 Å². The third kappa shape index (κ3) is 6.24. The van der Waals surface area contributed by atoms with E-state index in [9.17, 15) is 40.5 Å². The molecule has 0 aromatic heterocycles. The Morgan fingerprint density at radius 1 is 1.13 bits per heavy atom. The van der Waals surface area contributed by atoms with Gasteiger partial charge in [0.25, 0.3) is 0 Å². The molecule has 1 aromatic carbocycles. The van der Waals surface area contributed by atoms with Gasteiger partial charge in [0.2, 0.25) is 0 Å². The van der Waals surface area contributed by atoms with Crippen molar-refractivity contribution in [3.63, 3.8) is 0 Å². The lowest BCUT2D eigenvalue weighted by molar-refractivity contribution is -0.275. The minimum Gasteiger partial charge on any atom is -0.748 e. The number of ether oxygens (including phenoxy) is 5. The maximum atomic E-state index is 13.1. The molecule has 1 heterocycles. The zero-order valence-electron chi connectivity index (χ0n) is 21.1. The molecule has 216 valence electrons. The van der Waals surface area contributed by atoms with E-state index in [1.54, 1.807) is 20.8 Å². The summed E-state index contributed by atoms with van der Waals surface area (Å²) in [4.78, 5) is 38.3. The molecule has 11 nitrogen and oxygen atoms in total. The second kappa shape index (κ2) is 10.2. The summed E-state index contributed by atoms with van der Waals surface area (Å²) in [6.45, 7) is 4.34. The zero-order chi connectivity index (χ0) is 28.9. The lowest BCUT2D eigenvalue weighted by Gasteiger charge is -2.30. The molecule has 6 unspecified atom stereocenters. The third-order valence-electron chi connectivity index (χ3n) is 7.28. The van der Waals surface area contributed by atoms with Gasteiger partial charge < -0.3 is 28.2 Å². The van der Waals surface area contributed by atoms with Crippen LogP contribution in [0.15, 0.2) is 18.2 Å². The molecule has 0 amide bonds. The van der Waals surface area contributed by atoms with Crippen LogP contribution in [0.3, 0.4) is 0 Å². The fraction of sp³-hybridized carbons (Fsp3) is 0.625. The average molecular weight is 580 g/mol. The molecule has 0 N–H and O–H groups in total. The van der Waals surface area contributed by atoms with Crippen LogP contribution in [0.2, 0.25) is 0 Å². The first-order valence-corrected chi connectivity index (χ1v) is 13.7. The van der Waals surface area contributed by atoms with Gasteiger partial charge >= 0.3 is 24.3 Å². The number of carbonyl (C=O) groups is 3. The van der Waals surface area contributed by atoms with E-state index in [-0.39, 0.29) is 17.7 Å². The number of halogens is 3. The molecule has 1 aliphatic heterocycles. The van der Waals surface area contributed by atoms with Crippen LogP contribution >= 0.6 is 0 Å². The van der Waals surface area contributed by atoms with Crippen molar-refractivity contribution < 1.29 is 64.2 Å². The molecule has 15 heteroatoms. The minimum atomic E-state index is -5.01. The maximum absolute atomic E-state index is 13.1. The first kappa shape index (κ1) is 28.9. The summed E-state index contributed by atoms with van der Waals surface area (Å²) >= 11 is 0. The van der Waals surface area contributed by atoms with Crippen LogP contribution in [-0.4, -0.2) is 67.4 Å². The summed E-state index contributed by atoms with van der Waals surface area (Å²) in [6, 6.07) is 3.02. The molecule has 3 fully saturated rings. The third-order valence-corrected chi connectivity index (χ3v) is 7.95. The van der Waals surface area contributed by atoms with E-state index in [2.05, 4.69) is 4.74 Å². The second-order valence-electron chi connectivity index (χ2n) is 10.2. The molecule has 2 bridgehead atoms. The van der Waals surface area contributed by atoms with E-state index < -0.39 is 94.0 Å². The molecule has 1 saturated heterocycles. The van der Waals surface area contributed by atoms with E-state index in [1.807, 2.05) is 0 Å². The maximum Gasteiger partial charge on any atom is 0.573 e. The van der Waals surface area contributed by atoms with Crippen molar-refractivity contribution in [2.45, 2.75) is 57.8 Å². The monoisotopic (exact) mass is 579 g/mol. The van der Waals surface area contributed by atoms with Crippen LogP contribution in [0, 0.1) is 23.7 Å². The van der Waals surface area contributed by atoms with E-state index in [0.717, 1.165) is 18.2 Å². The van der Waals surface area contributed by atoms with Crippen LogP contribution in [0.5, 0.6) is 11.5 Å². The SMILES string of the molecule is CCC(C)(C)Oc1cc(C(=O)OC2C3CC4C2OC(=O)C4C3C(=O)OCCS(=O)(=O)[O-])ccc1OC(F)(F)F. The summed E-state index contributed by atoms with van der Waals surface area (Å²) in [6.07, 6.45) is -6.19. The predicted molar refractivity (Wildman–Crippen MR) is 121 cm³/mol. The Balaban J connectivity index is 1.54. The van der Waals surface area contributed by atoms with Gasteiger partial charge in [-0.1, -0.05) is 6.92 Å². The first-order chi connectivity index (χ1) is 18.0. The van der Waals surface area contributed by atoms with E-state index in [0.29, 0.717) is 6.42 Å². The Morgan fingerprint density at radius 3 is 2.44 bits per heavy atom. The van der Waals surface area contributed by atoms with E-state index in [1.165, 1.54) is 0 Å². The summed E-state index contributed by atoms with van der Waals surface area (Å²) in [5, 5.41) is 0. The lowest BCUT2D eigenvalue weighted by atomic mass is 9.78. The molecule has 0 spiro atoms. The number of rotatable bonds is 10. The molecule has 2 saturated carbocycles. The highest BCUT2D eigenvalue weighted by atomic mass is 32.2. The Hall–Kier alpha value is -3.07. The standard InChI is InChI=1S/C24H27F3O11S/c1-4-23(2,3)37-15-9-11(5-6-14(15)38-24(25,26)27)20(28)35-18-12-10-13-17(22(30)36-19(13)18)16(12)21(29)34-7-8-39(31,32)33/h5-6,9,12-13,16-19H,4,7-8,10H2,1-3H3,(H,31,32,33)/p-1. The van der Waals surface area contributed by atoms with Crippen LogP contribution in [0.25, 0.3) is 0 Å². The minimum absolute atomic E-state index is 0.171. The summed E-state index contributed by atoms with van der Waals surface area (Å²) in [5.41, 5.74) is -1.07. The fourth-order valence-corrected chi connectivity index (χ4v) is 5.58. The molecule has 3 aliphatic rings. The van der Waals surface area contributed by atoms with Crippen molar-refractivity contribution >= 4 is 28.0 Å². The Labute approximate surface area is 221 Å². The smallest absolute Gasteiger partial charge is 0.573 e. The Morgan fingerprint density at radius 2 is 1.82 bits per heavy atom. The zero-order valence-corrected chi connectivity index (χ0v) is 21.9. The van der Waals surface area contributed by atoms with Crippen LogP contribution in [0.4, 0.5) is 13.2 Å². The van der Waals surface area contributed by atoms with Gasteiger partial charge in [0.05, 0.1) is 33.3 Å². The van der Waals surface area contributed by atoms with Gasteiger partial charge in [0.15, 0.2) is 11.5 Å². The number of esters is 3. The fourth-order valence-electron chi connectivity index (χ4n) is 5.29. The highest BCUT2D eigenvalue weighted by Crippen LogP contribution is 2.59. The number of hydrogen-bond acceptors (Lipinski definition) is 11. The molecule has 2 aliphatic carbocycles. The molecule has 6 atom stereocenters. The summed E-state index contributed by atoms with van der Waals surface area (Å²) in [7, 11) is -4.63.